The average Bonchev–Trinajstić information content (AvgIpc) is 2.02. The number of carbonyl (C=O) groups is 1. The summed E-state index contributed by atoms with van der Waals surface area (Å²) in [5.41, 5.74) is -0.695. The summed E-state index contributed by atoms with van der Waals surface area (Å²) < 4.78 is 32.3. The van der Waals surface area contributed by atoms with Crippen molar-refractivity contribution in [1.82, 2.24) is 5.32 Å². The Hall–Kier alpha value is -0.660. The van der Waals surface area contributed by atoms with E-state index < -0.39 is 15.7 Å². The SMILES string of the molecule is CC(C)(C)OC(=O)C1NCC12CC(OS(C)(=O)=O)C2. The quantitative estimate of drug-likeness (QED) is 0.599. The molecule has 0 aromatic carbocycles. The molecule has 0 radical (unpaired) electrons. The normalized spacial score (nSPS) is 34.5. The minimum absolute atomic E-state index is 0.183. The highest BCUT2D eigenvalue weighted by Gasteiger charge is 2.60. The van der Waals surface area contributed by atoms with Crippen molar-refractivity contribution in [2.75, 3.05) is 12.8 Å². The Morgan fingerprint density at radius 3 is 2.26 bits per heavy atom. The third-order valence-electron chi connectivity index (χ3n) is 3.49. The van der Waals surface area contributed by atoms with Crippen molar-refractivity contribution in [3.8, 4) is 0 Å². The van der Waals surface area contributed by atoms with Crippen LogP contribution in [-0.2, 0) is 23.8 Å². The molecule has 19 heavy (non-hydrogen) atoms. The molecule has 110 valence electrons. The van der Waals surface area contributed by atoms with Crippen LogP contribution >= 0.6 is 0 Å². The fraction of sp³-hybridized carbons (Fsp3) is 0.917. The Labute approximate surface area is 114 Å². The van der Waals surface area contributed by atoms with E-state index in [-0.39, 0.29) is 23.5 Å². The van der Waals surface area contributed by atoms with E-state index in [4.69, 9.17) is 8.92 Å². The summed E-state index contributed by atoms with van der Waals surface area (Å²) in [5, 5.41) is 3.06. The van der Waals surface area contributed by atoms with Crippen LogP contribution < -0.4 is 5.32 Å². The first-order valence-corrected chi connectivity index (χ1v) is 8.17. The summed E-state index contributed by atoms with van der Waals surface area (Å²) in [4.78, 5) is 12.0. The molecule has 2 rings (SSSR count). The molecule has 0 bridgehead atoms. The van der Waals surface area contributed by atoms with Crippen LogP contribution in [0.5, 0.6) is 0 Å². The van der Waals surface area contributed by atoms with E-state index in [1.54, 1.807) is 0 Å². The number of nitrogens with one attached hydrogen (secondary N) is 1. The van der Waals surface area contributed by atoms with Gasteiger partial charge in [-0.25, -0.2) is 0 Å². The summed E-state index contributed by atoms with van der Waals surface area (Å²) >= 11 is 0. The summed E-state index contributed by atoms with van der Waals surface area (Å²) in [6.45, 7) is 6.19. The van der Waals surface area contributed by atoms with Gasteiger partial charge in [-0.2, -0.15) is 8.42 Å². The molecule has 1 heterocycles. The molecule has 1 aliphatic heterocycles. The highest BCUT2D eigenvalue weighted by atomic mass is 32.2. The third-order valence-corrected chi connectivity index (χ3v) is 4.11. The second-order valence-corrected chi connectivity index (χ2v) is 8.14. The number of esters is 1. The summed E-state index contributed by atoms with van der Waals surface area (Å²) in [5.74, 6) is -0.267. The predicted octanol–water partition coefficient (Wildman–Crippen LogP) is 0.425. The molecule has 1 saturated carbocycles. The molecular formula is C12H21NO5S. The molecular weight excluding hydrogens is 270 g/mol. The van der Waals surface area contributed by atoms with E-state index >= 15 is 0 Å². The van der Waals surface area contributed by atoms with Gasteiger partial charge in [0.2, 0.25) is 0 Å². The molecule has 2 fully saturated rings. The Morgan fingerprint density at radius 1 is 1.32 bits per heavy atom. The van der Waals surface area contributed by atoms with Gasteiger partial charge < -0.3 is 10.1 Å². The molecule has 1 spiro atoms. The van der Waals surface area contributed by atoms with Gasteiger partial charge in [0, 0.05) is 12.0 Å². The van der Waals surface area contributed by atoms with Crippen LogP contribution in [0.15, 0.2) is 0 Å². The number of ether oxygens (including phenoxy) is 1. The van der Waals surface area contributed by atoms with Crippen LogP contribution in [0, 0.1) is 5.41 Å². The van der Waals surface area contributed by atoms with Gasteiger partial charge in [0.25, 0.3) is 10.1 Å². The van der Waals surface area contributed by atoms with E-state index in [1.165, 1.54) is 0 Å². The summed E-state index contributed by atoms with van der Waals surface area (Å²) in [7, 11) is -3.42. The Balaban J connectivity index is 1.89. The van der Waals surface area contributed by atoms with Crippen LogP contribution in [0.4, 0.5) is 0 Å². The van der Waals surface area contributed by atoms with Gasteiger partial charge in [-0.3, -0.25) is 8.98 Å². The van der Waals surface area contributed by atoms with E-state index in [0.29, 0.717) is 19.4 Å². The standard InChI is InChI=1S/C12H21NO5S/c1-11(2,3)17-10(14)9-12(7-13-9)5-8(6-12)18-19(4,15)16/h8-9,13H,5-7H2,1-4H3. The first-order chi connectivity index (χ1) is 8.51. The first-order valence-electron chi connectivity index (χ1n) is 6.35. The van der Waals surface area contributed by atoms with E-state index in [2.05, 4.69) is 5.32 Å². The second kappa shape index (κ2) is 4.43. The van der Waals surface area contributed by atoms with E-state index in [0.717, 1.165) is 6.26 Å². The van der Waals surface area contributed by atoms with E-state index in [9.17, 15) is 13.2 Å². The molecule has 0 aromatic rings. The van der Waals surface area contributed by atoms with Crippen molar-refractivity contribution >= 4 is 16.1 Å². The van der Waals surface area contributed by atoms with Crippen molar-refractivity contribution in [3.05, 3.63) is 0 Å². The van der Waals surface area contributed by atoms with Crippen molar-refractivity contribution in [2.24, 2.45) is 5.41 Å². The van der Waals surface area contributed by atoms with Gasteiger partial charge in [0.05, 0.1) is 12.4 Å². The minimum atomic E-state index is -3.42. The fourth-order valence-electron chi connectivity index (χ4n) is 2.73. The molecule has 6 nitrogen and oxygen atoms in total. The number of carbonyl (C=O) groups excluding carboxylic acids is 1. The maximum atomic E-state index is 12.0. The van der Waals surface area contributed by atoms with Gasteiger partial charge in [0.1, 0.15) is 11.6 Å². The van der Waals surface area contributed by atoms with Gasteiger partial charge in [-0.1, -0.05) is 0 Å². The van der Waals surface area contributed by atoms with Crippen LogP contribution in [0.1, 0.15) is 33.6 Å². The number of rotatable bonds is 3. The molecule has 1 N–H and O–H groups in total. The van der Waals surface area contributed by atoms with Crippen LogP contribution in [0.2, 0.25) is 0 Å². The predicted molar refractivity (Wildman–Crippen MR) is 69.0 cm³/mol. The highest BCUT2D eigenvalue weighted by molar-refractivity contribution is 7.86. The van der Waals surface area contributed by atoms with Crippen molar-refractivity contribution in [1.29, 1.82) is 0 Å². The monoisotopic (exact) mass is 291 g/mol. The largest absolute Gasteiger partial charge is 0.459 e. The van der Waals surface area contributed by atoms with Crippen molar-refractivity contribution < 1.29 is 22.1 Å². The molecule has 1 atom stereocenters. The Morgan fingerprint density at radius 2 is 1.89 bits per heavy atom. The lowest BCUT2D eigenvalue weighted by atomic mass is 9.58. The molecule has 1 saturated heterocycles. The topological polar surface area (TPSA) is 81.7 Å². The lowest BCUT2D eigenvalue weighted by molar-refractivity contribution is -0.176. The average molecular weight is 291 g/mol. The third kappa shape index (κ3) is 3.27. The molecule has 1 aliphatic carbocycles. The maximum Gasteiger partial charge on any atom is 0.324 e. The smallest absolute Gasteiger partial charge is 0.324 e. The summed E-state index contributed by atoms with van der Waals surface area (Å²) in [6, 6.07) is -0.342. The van der Waals surface area contributed by atoms with Gasteiger partial charge >= 0.3 is 5.97 Å². The Kier molecular flexibility index (Phi) is 3.43. The number of hydrogen-bond acceptors (Lipinski definition) is 6. The number of hydrogen-bond donors (Lipinski definition) is 1. The Bertz CT molecular complexity index is 473. The minimum Gasteiger partial charge on any atom is -0.459 e. The van der Waals surface area contributed by atoms with Gasteiger partial charge in [-0.15, -0.1) is 0 Å². The zero-order valence-corrected chi connectivity index (χ0v) is 12.5. The van der Waals surface area contributed by atoms with E-state index in [1.807, 2.05) is 20.8 Å². The van der Waals surface area contributed by atoms with Crippen molar-refractivity contribution in [2.45, 2.75) is 51.4 Å². The van der Waals surface area contributed by atoms with Crippen LogP contribution in [0.3, 0.4) is 0 Å². The van der Waals surface area contributed by atoms with Gasteiger partial charge in [0.15, 0.2) is 0 Å². The highest BCUT2D eigenvalue weighted by Crippen LogP contribution is 2.50. The molecule has 2 aliphatic rings. The van der Waals surface area contributed by atoms with Crippen LogP contribution in [-0.4, -0.2) is 44.9 Å². The first kappa shape index (κ1) is 14.7. The zero-order valence-electron chi connectivity index (χ0n) is 11.7. The van der Waals surface area contributed by atoms with Crippen LogP contribution in [0.25, 0.3) is 0 Å². The fourth-order valence-corrected chi connectivity index (χ4v) is 3.36. The zero-order chi connectivity index (χ0) is 14.5. The van der Waals surface area contributed by atoms with Gasteiger partial charge in [-0.05, 0) is 33.6 Å². The lowest BCUT2D eigenvalue weighted by Crippen LogP contribution is -2.72. The maximum absolute atomic E-state index is 12.0. The summed E-state index contributed by atoms with van der Waals surface area (Å²) in [6.07, 6.45) is 1.90. The second-order valence-electron chi connectivity index (χ2n) is 6.54. The molecule has 0 amide bonds. The molecule has 1 unspecified atom stereocenters. The molecule has 7 heteroatoms. The lowest BCUT2D eigenvalue weighted by Gasteiger charge is -2.57. The molecule has 0 aromatic heterocycles. The van der Waals surface area contributed by atoms with Crippen molar-refractivity contribution in [3.63, 3.8) is 0 Å².